The highest BCUT2D eigenvalue weighted by Gasteiger charge is 2.55. The highest BCUT2D eigenvalue weighted by Crippen LogP contribution is 2.34. The molecule has 11 heteroatoms. The van der Waals surface area contributed by atoms with E-state index in [0.29, 0.717) is 18.4 Å². The lowest BCUT2D eigenvalue weighted by Gasteiger charge is -2.48. The maximum Gasteiger partial charge on any atom is 0.412 e. The van der Waals surface area contributed by atoms with E-state index >= 15 is 0 Å². The van der Waals surface area contributed by atoms with Crippen molar-refractivity contribution < 1.29 is 34.3 Å². The van der Waals surface area contributed by atoms with Gasteiger partial charge in [-0.1, -0.05) is 24.8 Å². The van der Waals surface area contributed by atoms with Gasteiger partial charge in [0.25, 0.3) is 5.69 Å². The Labute approximate surface area is 165 Å². The zero-order valence-corrected chi connectivity index (χ0v) is 15.5. The topological polar surface area (TPSA) is 151 Å². The molecule has 1 heterocycles. The Bertz CT molecular complexity index is 810. The number of hydrogen-bond acceptors (Lipinski definition) is 6. The summed E-state index contributed by atoms with van der Waals surface area (Å²) in [6.07, 6.45) is -0.484. The van der Waals surface area contributed by atoms with Crippen LogP contribution in [0.4, 0.5) is 15.3 Å². The minimum Gasteiger partial charge on any atom is -0.478 e. The molecule has 156 valence electrons. The predicted molar refractivity (Wildman–Crippen MR) is 99.1 cm³/mol. The van der Waals surface area contributed by atoms with Gasteiger partial charge in [0.2, 0.25) is 5.66 Å². The first kappa shape index (κ1) is 21.7. The molecule has 1 aliphatic heterocycles. The maximum absolute atomic E-state index is 12.7. The van der Waals surface area contributed by atoms with Gasteiger partial charge in [-0.15, -0.1) is 0 Å². The number of benzene rings is 1. The smallest absolute Gasteiger partial charge is 0.412 e. The van der Waals surface area contributed by atoms with Gasteiger partial charge in [0.15, 0.2) is 0 Å². The third kappa shape index (κ3) is 4.45. The Hall–Kier alpha value is -3.63. The molecule has 0 spiro atoms. The van der Waals surface area contributed by atoms with Crippen LogP contribution in [0.25, 0.3) is 0 Å². The molecule has 2 amide bonds. The maximum atomic E-state index is 12.7. The first-order valence-electron chi connectivity index (χ1n) is 8.76. The molecule has 0 radical (unpaired) electrons. The summed E-state index contributed by atoms with van der Waals surface area (Å²) in [5.74, 6) is -1.50. The quantitative estimate of drug-likeness (QED) is 0.398. The first-order chi connectivity index (χ1) is 13.7. The van der Waals surface area contributed by atoms with Crippen molar-refractivity contribution in [2.45, 2.75) is 31.5 Å². The third-order valence-corrected chi connectivity index (χ3v) is 4.66. The zero-order valence-electron chi connectivity index (χ0n) is 15.5. The largest absolute Gasteiger partial charge is 0.478 e. The number of nitro benzene ring substituents is 1. The molecule has 1 saturated heterocycles. The number of hydrogen-bond donors (Lipinski definition) is 2. The summed E-state index contributed by atoms with van der Waals surface area (Å²) >= 11 is 0. The standard InChI is InChI=1S/C18H21N3O8/c1-2-11-29-17(26)20(12-13-5-7-14(8-6-13)21(27)28)18(15(22)23)9-3-4-10-19(18)16(24)25/h2,5-8H,1,3-4,9-12H2,(H,22,23)(H,24,25). The Morgan fingerprint density at radius 1 is 1.28 bits per heavy atom. The van der Waals surface area contributed by atoms with Crippen molar-refractivity contribution in [2.75, 3.05) is 13.2 Å². The van der Waals surface area contributed by atoms with Crippen LogP contribution in [0.15, 0.2) is 36.9 Å². The van der Waals surface area contributed by atoms with Gasteiger partial charge < -0.3 is 14.9 Å². The summed E-state index contributed by atoms with van der Waals surface area (Å²) in [6, 6.07) is 5.17. The van der Waals surface area contributed by atoms with Gasteiger partial charge in [-0.25, -0.2) is 14.4 Å². The van der Waals surface area contributed by atoms with Gasteiger partial charge in [-0.3, -0.25) is 19.9 Å². The Balaban J connectivity index is 2.50. The van der Waals surface area contributed by atoms with Crippen LogP contribution >= 0.6 is 0 Å². The summed E-state index contributed by atoms with van der Waals surface area (Å²) in [4.78, 5) is 48.6. The lowest BCUT2D eigenvalue weighted by Crippen LogP contribution is -2.69. The van der Waals surface area contributed by atoms with Crippen LogP contribution in [-0.4, -0.2) is 61.9 Å². The van der Waals surface area contributed by atoms with E-state index < -0.39 is 28.7 Å². The van der Waals surface area contributed by atoms with Crippen LogP contribution in [0, 0.1) is 10.1 Å². The normalized spacial score (nSPS) is 18.6. The number of aliphatic carboxylic acids is 1. The lowest BCUT2D eigenvalue weighted by atomic mass is 9.93. The number of likely N-dealkylation sites (tertiary alicyclic amines) is 1. The molecule has 2 rings (SSSR count). The summed E-state index contributed by atoms with van der Waals surface area (Å²) in [6.45, 7) is 2.86. The summed E-state index contributed by atoms with van der Waals surface area (Å²) in [5, 5.41) is 30.4. The number of non-ortho nitro benzene ring substituents is 1. The Morgan fingerprint density at radius 3 is 2.45 bits per heavy atom. The van der Waals surface area contributed by atoms with Crippen molar-refractivity contribution >= 4 is 23.8 Å². The SMILES string of the molecule is C=CCOC(=O)N(Cc1ccc([N+](=O)[O-])cc1)C1(C(=O)O)CCCCN1C(=O)O. The number of amides is 2. The Kier molecular flexibility index (Phi) is 6.75. The second kappa shape index (κ2) is 9.04. The van der Waals surface area contributed by atoms with Crippen molar-refractivity contribution in [3.05, 3.63) is 52.6 Å². The predicted octanol–water partition coefficient (Wildman–Crippen LogP) is 2.66. The number of carboxylic acids is 1. The molecule has 1 fully saturated rings. The number of carbonyl (C=O) groups excluding carboxylic acids is 1. The number of ether oxygens (including phenoxy) is 1. The van der Waals surface area contributed by atoms with E-state index in [4.69, 9.17) is 4.74 Å². The molecule has 1 atom stereocenters. The molecular weight excluding hydrogens is 386 g/mol. The summed E-state index contributed by atoms with van der Waals surface area (Å²) < 4.78 is 5.02. The van der Waals surface area contributed by atoms with Crippen molar-refractivity contribution in [1.29, 1.82) is 0 Å². The summed E-state index contributed by atoms with van der Waals surface area (Å²) in [5.41, 5.74) is -1.96. The molecule has 0 bridgehead atoms. The van der Waals surface area contributed by atoms with E-state index in [1.807, 2.05) is 0 Å². The molecular formula is C18H21N3O8. The fraction of sp³-hybridized carbons (Fsp3) is 0.389. The number of rotatable bonds is 7. The monoisotopic (exact) mass is 407 g/mol. The third-order valence-electron chi connectivity index (χ3n) is 4.66. The van der Waals surface area contributed by atoms with Crippen molar-refractivity contribution in [2.24, 2.45) is 0 Å². The van der Waals surface area contributed by atoms with Crippen LogP contribution in [-0.2, 0) is 16.1 Å². The van der Waals surface area contributed by atoms with E-state index in [2.05, 4.69) is 6.58 Å². The number of carboxylic acid groups (broad SMARTS) is 2. The van der Waals surface area contributed by atoms with Crippen LogP contribution in [0.5, 0.6) is 0 Å². The van der Waals surface area contributed by atoms with E-state index in [-0.39, 0.29) is 31.8 Å². The van der Waals surface area contributed by atoms with Crippen molar-refractivity contribution in [1.82, 2.24) is 9.80 Å². The fourth-order valence-corrected chi connectivity index (χ4v) is 3.29. The first-order valence-corrected chi connectivity index (χ1v) is 8.76. The van der Waals surface area contributed by atoms with Crippen molar-refractivity contribution in [3.63, 3.8) is 0 Å². The number of carbonyl (C=O) groups is 3. The van der Waals surface area contributed by atoms with Gasteiger partial charge >= 0.3 is 18.2 Å². The minimum absolute atomic E-state index is 0.0624. The number of nitro groups is 1. The van der Waals surface area contributed by atoms with Crippen LogP contribution in [0.3, 0.4) is 0 Å². The number of nitrogens with zero attached hydrogens (tertiary/aromatic N) is 3. The van der Waals surface area contributed by atoms with Crippen LogP contribution in [0.1, 0.15) is 24.8 Å². The molecule has 29 heavy (non-hydrogen) atoms. The molecule has 1 aliphatic rings. The Morgan fingerprint density at radius 2 is 1.93 bits per heavy atom. The van der Waals surface area contributed by atoms with Crippen LogP contribution < -0.4 is 0 Å². The lowest BCUT2D eigenvalue weighted by molar-refractivity contribution is -0.384. The molecule has 1 aromatic rings. The molecule has 0 saturated carbocycles. The van der Waals surface area contributed by atoms with E-state index in [9.17, 15) is 34.7 Å². The number of piperidine rings is 1. The van der Waals surface area contributed by atoms with Crippen molar-refractivity contribution in [3.8, 4) is 0 Å². The molecule has 1 unspecified atom stereocenters. The molecule has 0 aromatic heterocycles. The second-order valence-electron chi connectivity index (χ2n) is 6.39. The summed E-state index contributed by atoms with van der Waals surface area (Å²) in [7, 11) is 0. The molecule has 0 aliphatic carbocycles. The van der Waals surface area contributed by atoms with Gasteiger partial charge in [-0.05, 0) is 18.4 Å². The molecule has 1 aromatic carbocycles. The molecule has 2 N–H and O–H groups in total. The van der Waals surface area contributed by atoms with Gasteiger partial charge in [-0.2, -0.15) is 0 Å². The highest BCUT2D eigenvalue weighted by atomic mass is 16.6. The fourth-order valence-electron chi connectivity index (χ4n) is 3.29. The van der Waals surface area contributed by atoms with E-state index in [1.165, 1.54) is 30.3 Å². The average Bonchev–Trinajstić information content (AvgIpc) is 2.70. The van der Waals surface area contributed by atoms with E-state index in [0.717, 1.165) is 9.80 Å². The van der Waals surface area contributed by atoms with Gasteiger partial charge in [0.1, 0.15) is 6.61 Å². The highest BCUT2D eigenvalue weighted by molar-refractivity contribution is 5.88. The molecule has 11 nitrogen and oxygen atoms in total. The van der Waals surface area contributed by atoms with Gasteiger partial charge in [0, 0.05) is 25.1 Å². The average molecular weight is 407 g/mol. The minimum atomic E-state index is -2.16. The van der Waals surface area contributed by atoms with E-state index in [1.54, 1.807) is 0 Å². The van der Waals surface area contributed by atoms with Gasteiger partial charge in [0.05, 0.1) is 11.5 Å². The zero-order chi connectivity index (χ0) is 21.6. The van der Waals surface area contributed by atoms with Crippen LogP contribution in [0.2, 0.25) is 0 Å². The second-order valence-corrected chi connectivity index (χ2v) is 6.39.